The number of para-hydroxylation sites is 1. The Hall–Kier alpha value is -2.92. The van der Waals surface area contributed by atoms with Gasteiger partial charge in [-0.25, -0.2) is 4.90 Å². The molecule has 0 radical (unpaired) electrons. The molecule has 0 unspecified atom stereocenters. The highest BCUT2D eigenvalue weighted by Gasteiger charge is 2.42. The zero-order chi connectivity index (χ0) is 19.7. The Bertz CT molecular complexity index is 911. The number of carbonyl (C=O) groups excluding carboxylic acids is 2. The van der Waals surface area contributed by atoms with Gasteiger partial charge in [0.05, 0.1) is 11.3 Å². The molecule has 2 amide bonds. The standard InChI is InChI=1S/C23H25N3O2/c1-3-24-13-15-25(16-14-24)21-20(18-11-9-17(2)10-12-18)22(27)26(23(21)28)19-7-5-4-6-8-19/h4-12H,3,13-16H2,1-2H3. The van der Waals surface area contributed by atoms with Crippen LogP contribution in [0, 0.1) is 6.92 Å². The summed E-state index contributed by atoms with van der Waals surface area (Å²) in [7, 11) is 0. The van der Waals surface area contributed by atoms with Crippen LogP contribution in [-0.4, -0.2) is 54.3 Å². The predicted octanol–water partition coefficient (Wildman–Crippen LogP) is 2.92. The maximum atomic E-state index is 13.4. The molecular formula is C23H25N3O2. The average Bonchev–Trinajstić information content (AvgIpc) is 2.99. The van der Waals surface area contributed by atoms with Crippen LogP contribution in [0.25, 0.3) is 5.57 Å². The minimum atomic E-state index is -0.243. The molecule has 0 aliphatic carbocycles. The highest BCUT2D eigenvalue weighted by Crippen LogP contribution is 2.35. The van der Waals surface area contributed by atoms with Crippen molar-refractivity contribution in [2.75, 3.05) is 37.6 Å². The van der Waals surface area contributed by atoms with Crippen LogP contribution in [0.15, 0.2) is 60.3 Å². The van der Waals surface area contributed by atoms with Crippen molar-refractivity contribution in [3.63, 3.8) is 0 Å². The van der Waals surface area contributed by atoms with E-state index in [1.807, 2.05) is 49.4 Å². The van der Waals surface area contributed by atoms with Gasteiger partial charge in [-0.15, -0.1) is 0 Å². The number of imide groups is 1. The quantitative estimate of drug-likeness (QED) is 0.771. The Morgan fingerprint density at radius 1 is 0.821 bits per heavy atom. The van der Waals surface area contributed by atoms with Crippen molar-refractivity contribution in [3.05, 3.63) is 71.4 Å². The number of amides is 2. The molecule has 0 aromatic heterocycles. The number of likely N-dealkylation sites (N-methyl/N-ethyl adjacent to an activating group) is 1. The number of carbonyl (C=O) groups is 2. The topological polar surface area (TPSA) is 43.9 Å². The van der Waals surface area contributed by atoms with Crippen molar-refractivity contribution < 1.29 is 9.59 Å². The first-order valence-electron chi connectivity index (χ1n) is 9.82. The third-order valence-electron chi connectivity index (χ3n) is 5.55. The van der Waals surface area contributed by atoms with Crippen LogP contribution in [0.3, 0.4) is 0 Å². The lowest BCUT2D eigenvalue weighted by Gasteiger charge is -2.36. The van der Waals surface area contributed by atoms with E-state index < -0.39 is 0 Å². The van der Waals surface area contributed by atoms with Gasteiger partial charge in [-0.2, -0.15) is 0 Å². The van der Waals surface area contributed by atoms with E-state index in [9.17, 15) is 9.59 Å². The smallest absolute Gasteiger partial charge is 0.282 e. The summed E-state index contributed by atoms with van der Waals surface area (Å²) < 4.78 is 0. The van der Waals surface area contributed by atoms with Gasteiger partial charge in [-0.1, -0.05) is 55.0 Å². The first kappa shape index (κ1) is 18.4. The number of piperazine rings is 1. The minimum Gasteiger partial charge on any atom is -0.364 e. The fourth-order valence-corrected chi connectivity index (χ4v) is 3.89. The van der Waals surface area contributed by atoms with Gasteiger partial charge in [-0.05, 0) is 31.2 Å². The van der Waals surface area contributed by atoms with Gasteiger partial charge in [-0.3, -0.25) is 9.59 Å². The van der Waals surface area contributed by atoms with Gasteiger partial charge < -0.3 is 9.80 Å². The van der Waals surface area contributed by atoms with Gasteiger partial charge in [0.25, 0.3) is 11.8 Å². The lowest BCUT2D eigenvalue weighted by atomic mass is 10.0. The third-order valence-corrected chi connectivity index (χ3v) is 5.55. The fourth-order valence-electron chi connectivity index (χ4n) is 3.89. The summed E-state index contributed by atoms with van der Waals surface area (Å²) in [6, 6.07) is 17.0. The van der Waals surface area contributed by atoms with Crippen molar-refractivity contribution >= 4 is 23.1 Å². The van der Waals surface area contributed by atoms with Crippen LogP contribution in [0.2, 0.25) is 0 Å². The maximum Gasteiger partial charge on any atom is 0.282 e. The van der Waals surface area contributed by atoms with E-state index in [0.717, 1.165) is 43.9 Å². The maximum absolute atomic E-state index is 13.4. The normalized spacial score (nSPS) is 18.4. The van der Waals surface area contributed by atoms with Crippen molar-refractivity contribution in [1.29, 1.82) is 0 Å². The Balaban J connectivity index is 1.77. The van der Waals surface area contributed by atoms with Gasteiger partial charge >= 0.3 is 0 Å². The van der Waals surface area contributed by atoms with E-state index in [0.29, 0.717) is 17.0 Å². The van der Waals surface area contributed by atoms with Crippen molar-refractivity contribution in [1.82, 2.24) is 9.80 Å². The largest absolute Gasteiger partial charge is 0.364 e. The van der Waals surface area contributed by atoms with Gasteiger partial charge in [0.1, 0.15) is 5.70 Å². The summed E-state index contributed by atoms with van der Waals surface area (Å²) in [6.45, 7) is 8.46. The fraction of sp³-hybridized carbons (Fsp3) is 0.304. The number of nitrogens with zero attached hydrogens (tertiary/aromatic N) is 3. The van der Waals surface area contributed by atoms with Crippen molar-refractivity contribution in [2.45, 2.75) is 13.8 Å². The molecule has 2 aromatic carbocycles. The Morgan fingerprint density at radius 2 is 1.46 bits per heavy atom. The van der Waals surface area contributed by atoms with Crippen LogP contribution < -0.4 is 4.90 Å². The molecule has 2 aromatic rings. The molecule has 0 atom stereocenters. The van der Waals surface area contributed by atoms with Gasteiger partial charge in [0, 0.05) is 26.2 Å². The highest BCUT2D eigenvalue weighted by atomic mass is 16.2. The molecule has 4 rings (SSSR count). The first-order valence-corrected chi connectivity index (χ1v) is 9.82. The van der Waals surface area contributed by atoms with E-state index in [4.69, 9.17) is 0 Å². The van der Waals surface area contributed by atoms with E-state index >= 15 is 0 Å². The van der Waals surface area contributed by atoms with Crippen LogP contribution in [0.4, 0.5) is 5.69 Å². The minimum absolute atomic E-state index is 0.225. The molecule has 1 saturated heterocycles. The summed E-state index contributed by atoms with van der Waals surface area (Å²) in [5.41, 5.74) is 3.59. The molecule has 5 nitrogen and oxygen atoms in total. The molecular weight excluding hydrogens is 350 g/mol. The lowest BCUT2D eigenvalue weighted by molar-refractivity contribution is -0.120. The van der Waals surface area contributed by atoms with Crippen molar-refractivity contribution in [3.8, 4) is 0 Å². The van der Waals surface area contributed by atoms with Gasteiger partial charge in [0.15, 0.2) is 0 Å². The summed E-state index contributed by atoms with van der Waals surface area (Å²) in [5, 5.41) is 0. The second kappa shape index (κ2) is 7.60. The molecule has 1 fully saturated rings. The monoisotopic (exact) mass is 375 g/mol. The molecule has 2 aliphatic heterocycles. The highest BCUT2D eigenvalue weighted by molar-refractivity contribution is 6.45. The van der Waals surface area contributed by atoms with Gasteiger partial charge in [0.2, 0.25) is 0 Å². The van der Waals surface area contributed by atoms with Crippen LogP contribution >= 0.6 is 0 Å². The molecule has 0 N–H and O–H groups in total. The van der Waals surface area contributed by atoms with E-state index in [1.54, 1.807) is 12.1 Å². The molecule has 0 bridgehead atoms. The van der Waals surface area contributed by atoms with Crippen molar-refractivity contribution in [2.24, 2.45) is 0 Å². The SMILES string of the molecule is CCN1CCN(C2=C(c3ccc(C)cc3)C(=O)N(c3ccccc3)C2=O)CC1. The first-order chi connectivity index (χ1) is 13.6. The van der Waals surface area contributed by atoms with Crippen LogP contribution in [-0.2, 0) is 9.59 Å². The number of rotatable bonds is 4. The molecule has 2 heterocycles. The Morgan fingerprint density at radius 3 is 2.07 bits per heavy atom. The Labute approximate surface area is 165 Å². The zero-order valence-electron chi connectivity index (χ0n) is 16.4. The second-order valence-corrected chi connectivity index (χ2v) is 7.29. The third kappa shape index (κ3) is 3.22. The summed E-state index contributed by atoms with van der Waals surface area (Å²) in [4.78, 5) is 32.6. The molecule has 5 heteroatoms. The number of anilines is 1. The molecule has 144 valence electrons. The zero-order valence-corrected chi connectivity index (χ0v) is 16.4. The summed E-state index contributed by atoms with van der Waals surface area (Å²) in [6.07, 6.45) is 0. The summed E-state index contributed by atoms with van der Waals surface area (Å²) >= 11 is 0. The number of hydrogen-bond donors (Lipinski definition) is 0. The number of benzene rings is 2. The Kier molecular flexibility index (Phi) is 5.01. The summed E-state index contributed by atoms with van der Waals surface area (Å²) in [5.74, 6) is -0.468. The molecule has 0 spiro atoms. The molecule has 2 aliphatic rings. The number of hydrogen-bond acceptors (Lipinski definition) is 4. The van der Waals surface area contributed by atoms with Crippen LogP contribution in [0.5, 0.6) is 0 Å². The lowest BCUT2D eigenvalue weighted by Crippen LogP contribution is -2.47. The number of aryl methyl sites for hydroxylation is 1. The predicted molar refractivity (Wildman–Crippen MR) is 111 cm³/mol. The van der Waals surface area contributed by atoms with E-state index in [1.165, 1.54) is 4.90 Å². The molecule has 0 saturated carbocycles. The van der Waals surface area contributed by atoms with Crippen LogP contribution in [0.1, 0.15) is 18.1 Å². The molecule has 28 heavy (non-hydrogen) atoms. The van der Waals surface area contributed by atoms with E-state index in [2.05, 4.69) is 16.7 Å². The average molecular weight is 375 g/mol. The van der Waals surface area contributed by atoms with E-state index in [-0.39, 0.29) is 11.8 Å². The second-order valence-electron chi connectivity index (χ2n) is 7.29.